The summed E-state index contributed by atoms with van der Waals surface area (Å²) < 4.78 is 6.96. The van der Waals surface area contributed by atoms with Crippen molar-refractivity contribution >= 4 is 17.4 Å². The Morgan fingerprint density at radius 3 is 2.91 bits per heavy atom. The maximum absolute atomic E-state index is 6.01. The van der Waals surface area contributed by atoms with Crippen LogP contribution in [0.3, 0.4) is 0 Å². The van der Waals surface area contributed by atoms with E-state index in [0.29, 0.717) is 33.6 Å². The Bertz CT molecular complexity index is 976. The summed E-state index contributed by atoms with van der Waals surface area (Å²) in [7, 11) is 0. The number of nitrogens with zero attached hydrogens (tertiary/aromatic N) is 6. The number of hydrogen-bond acceptors (Lipinski definition) is 6. The minimum Gasteiger partial charge on any atom is -0.356 e. The smallest absolute Gasteiger partial charge is 0.252 e. The van der Waals surface area contributed by atoms with Crippen LogP contribution in [0.1, 0.15) is 5.69 Å². The Morgan fingerprint density at radius 2 is 2.14 bits per heavy atom. The number of halogens is 1. The first kappa shape index (κ1) is 12.9. The number of pyridine rings is 1. The van der Waals surface area contributed by atoms with Gasteiger partial charge in [0.25, 0.3) is 5.78 Å². The van der Waals surface area contributed by atoms with Gasteiger partial charge in [-0.2, -0.15) is 14.6 Å². The molecule has 4 aromatic rings. The molecule has 0 aliphatic rings. The van der Waals surface area contributed by atoms with Crippen molar-refractivity contribution in [2.24, 2.45) is 0 Å². The van der Waals surface area contributed by atoms with Crippen molar-refractivity contribution in [3.63, 3.8) is 0 Å². The molecule has 0 spiro atoms. The molecule has 0 N–H and O–H groups in total. The summed E-state index contributed by atoms with van der Waals surface area (Å²) in [4.78, 5) is 12.7. The van der Waals surface area contributed by atoms with E-state index in [0.717, 1.165) is 5.69 Å². The van der Waals surface area contributed by atoms with E-state index in [4.69, 9.17) is 16.1 Å². The van der Waals surface area contributed by atoms with Gasteiger partial charge in [0.1, 0.15) is 17.2 Å². The van der Waals surface area contributed by atoms with E-state index in [1.165, 1.54) is 6.33 Å². The monoisotopic (exact) mass is 312 g/mol. The molecule has 108 valence electrons. The van der Waals surface area contributed by atoms with Crippen LogP contribution in [-0.2, 0) is 0 Å². The number of aryl methyl sites for hydroxylation is 1. The van der Waals surface area contributed by atoms with E-state index in [2.05, 4.69) is 25.2 Å². The number of aromatic nitrogens is 6. The Kier molecular flexibility index (Phi) is 2.87. The van der Waals surface area contributed by atoms with E-state index >= 15 is 0 Å². The van der Waals surface area contributed by atoms with Crippen molar-refractivity contribution in [2.75, 3.05) is 0 Å². The normalized spacial score (nSPS) is 11.2. The average molecular weight is 313 g/mol. The molecule has 0 aromatic carbocycles. The molecule has 0 saturated carbocycles. The second-order valence-corrected chi connectivity index (χ2v) is 5.06. The SMILES string of the molecule is Cc1cc(-c2cnc3ncnn3c2-c2cccc(Cl)n2)on1. The second kappa shape index (κ2) is 4.88. The molecule has 4 heterocycles. The van der Waals surface area contributed by atoms with Crippen molar-refractivity contribution in [2.45, 2.75) is 6.92 Å². The summed E-state index contributed by atoms with van der Waals surface area (Å²) in [6.07, 6.45) is 3.10. The van der Waals surface area contributed by atoms with Crippen molar-refractivity contribution in [1.82, 2.24) is 29.7 Å². The maximum atomic E-state index is 6.01. The summed E-state index contributed by atoms with van der Waals surface area (Å²) in [5.74, 6) is 1.05. The van der Waals surface area contributed by atoms with Crippen molar-refractivity contribution < 1.29 is 4.52 Å². The fraction of sp³-hybridized carbons (Fsp3) is 0.0714. The first-order valence-corrected chi connectivity index (χ1v) is 6.85. The van der Waals surface area contributed by atoms with Gasteiger partial charge in [-0.3, -0.25) is 0 Å². The highest BCUT2D eigenvalue weighted by Gasteiger charge is 2.18. The quantitative estimate of drug-likeness (QED) is 0.529. The molecule has 0 fully saturated rings. The highest BCUT2D eigenvalue weighted by molar-refractivity contribution is 6.29. The molecule has 0 bridgehead atoms. The van der Waals surface area contributed by atoms with E-state index in [-0.39, 0.29) is 0 Å². The third-order valence-corrected chi connectivity index (χ3v) is 3.37. The van der Waals surface area contributed by atoms with Crippen LogP contribution in [0.25, 0.3) is 28.5 Å². The van der Waals surface area contributed by atoms with Crippen LogP contribution >= 0.6 is 11.6 Å². The third-order valence-electron chi connectivity index (χ3n) is 3.16. The van der Waals surface area contributed by atoms with Crippen LogP contribution < -0.4 is 0 Å². The van der Waals surface area contributed by atoms with Gasteiger partial charge in [0.05, 0.1) is 17.0 Å². The standard InChI is InChI=1S/C14H9ClN6O/c1-8-5-11(22-20-8)9-6-16-14-17-7-18-21(14)13(9)10-3-2-4-12(15)19-10/h2-7H,1H3. The van der Waals surface area contributed by atoms with Gasteiger partial charge in [-0.05, 0) is 19.1 Å². The molecule has 8 heteroatoms. The first-order valence-electron chi connectivity index (χ1n) is 6.48. The Labute approximate surface area is 129 Å². The summed E-state index contributed by atoms with van der Waals surface area (Å²) in [6.45, 7) is 1.85. The average Bonchev–Trinajstić information content (AvgIpc) is 3.14. The molecular weight excluding hydrogens is 304 g/mol. The zero-order valence-corrected chi connectivity index (χ0v) is 12.2. The predicted octanol–water partition coefficient (Wildman–Crippen LogP) is 2.80. The zero-order valence-electron chi connectivity index (χ0n) is 11.4. The molecular formula is C14H9ClN6O. The number of hydrogen-bond donors (Lipinski definition) is 0. The Hall–Kier alpha value is -2.80. The lowest BCUT2D eigenvalue weighted by Crippen LogP contribution is -2.01. The Morgan fingerprint density at radius 1 is 1.23 bits per heavy atom. The van der Waals surface area contributed by atoms with Crippen molar-refractivity contribution in [3.8, 4) is 22.7 Å². The zero-order chi connectivity index (χ0) is 15.1. The van der Waals surface area contributed by atoms with E-state index in [1.807, 2.05) is 25.1 Å². The van der Waals surface area contributed by atoms with Gasteiger partial charge in [0.15, 0.2) is 5.76 Å². The molecule has 0 aliphatic carbocycles. The highest BCUT2D eigenvalue weighted by atomic mass is 35.5. The first-order chi connectivity index (χ1) is 10.7. The molecule has 0 unspecified atom stereocenters. The maximum Gasteiger partial charge on any atom is 0.252 e. The molecule has 7 nitrogen and oxygen atoms in total. The van der Waals surface area contributed by atoms with Crippen LogP contribution in [0, 0.1) is 6.92 Å². The van der Waals surface area contributed by atoms with E-state index in [9.17, 15) is 0 Å². The van der Waals surface area contributed by atoms with Gasteiger partial charge < -0.3 is 4.52 Å². The minimum atomic E-state index is 0.391. The summed E-state index contributed by atoms with van der Waals surface area (Å²) in [5, 5.41) is 8.53. The van der Waals surface area contributed by atoms with Gasteiger partial charge in [0, 0.05) is 12.3 Å². The van der Waals surface area contributed by atoms with Gasteiger partial charge in [0.2, 0.25) is 0 Å². The molecule has 22 heavy (non-hydrogen) atoms. The molecule has 0 amide bonds. The number of fused-ring (bicyclic) bond motifs is 1. The van der Waals surface area contributed by atoms with E-state index in [1.54, 1.807) is 16.8 Å². The molecule has 4 rings (SSSR count). The van der Waals surface area contributed by atoms with E-state index < -0.39 is 0 Å². The predicted molar refractivity (Wildman–Crippen MR) is 79.3 cm³/mol. The molecule has 0 atom stereocenters. The fourth-order valence-electron chi connectivity index (χ4n) is 2.24. The highest BCUT2D eigenvalue weighted by Crippen LogP contribution is 2.31. The molecule has 0 aliphatic heterocycles. The minimum absolute atomic E-state index is 0.391. The molecule has 4 aromatic heterocycles. The molecule has 0 saturated heterocycles. The second-order valence-electron chi connectivity index (χ2n) is 4.67. The van der Waals surface area contributed by atoms with Gasteiger partial charge in [-0.15, -0.1) is 0 Å². The van der Waals surface area contributed by atoms with Crippen molar-refractivity contribution in [1.29, 1.82) is 0 Å². The lowest BCUT2D eigenvalue weighted by atomic mass is 10.1. The summed E-state index contributed by atoms with van der Waals surface area (Å²) >= 11 is 6.01. The van der Waals surface area contributed by atoms with Crippen LogP contribution in [0.2, 0.25) is 5.15 Å². The number of rotatable bonds is 2. The van der Waals surface area contributed by atoms with Gasteiger partial charge in [-0.25, -0.2) is 9.97 Å². The van der Waals surface area contributed by atoms with Crippen molar-refractivity contribution in [3.05, 3.63) is 47.6 Å². The largest absolute Gasteiger partial charge is 0.356 e. The summed E-state index contributed by atoms with van der Waals surface area (Å²) in [6, 6.07) is 7.20. The van der Waals surface area contributed by atoms with Gasteiger partial charge in [-0.1, -0.05) is 22.8 Å². The van der Waals surface area contributed by atoms with Crippen LogP contribution in [0.4, 0.5) is 0 Å². The fourth-order valence-corrected chi connectivity index (χ4v) is 2.40. The van der Waals surface area contributed by atoms with Crippen LogP contribution in [-0.4, -0.2) is 29.7 Å². The Balaban J connectivity index is 2.07. The summed E-state index contributed by atoms with van der Waals surface area (Å²) in [5.41, 5.74) is 2.84. The lowest BCUT2D eigenvalue weighted by molar-refractivity contribution is 0.427. The van der Waals surface area contributed by atoms with Crippen LogP contribution in [0.15, 0.2) is 41.3 Å². The lowest BCUT2D eigenvalue weighted by Gasteiger charge is -2.08. The topological polar surface area (TPSA) is 82.0 Å². The third kappa shape index (κ3) is 2.03. The van der Waals surface area contributed by atoms with Gasteiger partial charge >= 0.3 is 0 Å². The van der Waals surface area contributed by atoms with Crippen LogP contribution in [0.5, 0.6) is 0 Å². The molecule has 0 radical (unpaired) electrons.